The predicted octanol–water partition coefficient (Wildman–Crippen LogP) is 2.20. The van der Waals surface area contributed by atoms with Gasteiger partial charge in [0.2, 0.25) is 0 Å². The average molecular weight is 400 g/mol. The van der Waals surface area contributed by atoms with Crippen molar-refractivity contribution in [2.75, 3.05) is 14.1 Å². The van der Waals surface area contributed by atoms with Crippen LogP contribution in [0.2, 0.25) is 0 Å². The minimum absolute atomic E-state index is 0.0435. The Morgan fingerprint density at radius 3 is 1.90 bits per heavy atom. The summed E-state index contributed by atoms with van der Waals surface area (Å²) in [7, 11) is 2.44. The van der Waals surface area contributed by atoms with Crippen molar-refractivity contribution in [1.29, 1.82) is 0 Å². The van der Waals surface area contributed by atoms with Gasteiger partial charge in [0.1, 0.15) is 17.1 Å². The molecule has 12 nitrogen and oxygen atoms in total. The van der Waals surface area contributed by atoms with Gasteiger partial charge in [-0.05, 0) is 18.2 Å². The van der Waals surface area contributed by atoms with E-state index < -0.39 is 39.1 Å². The molecule has 12 heteroatoms. The zero-order valence-corrected chi connectivity index (χ0v) is 15.0. The smallest absolute Gasteiger partial charge is 0.333 e. The van der Waals surface area contributed by atoms with Crippen LogP contribution in [0.3, 0.4) is 0 Å². The summed E-state index contributed by atoms with van der Waals surface area (Å²) in [5.41, 5.74) is -1.24. The molecular formula is C17H12N4O8. The maximum atomic E-state index is 12.2. The van der Waals surface area contributed by atoms with Crippen LogP contribution in [0.25, 0.3) is 17.4 Å². The number of benzene rings is 1. The average Bonchev–Trinajstić information content (AvgIpc) is 3.16. The molecule has 0 aliphatic carbocycles. The molecule has 1 aliphatic rings. The first-order chi connectivity index (χ1) is 13.6. The predicted molar refractivity (Wildman–Crippen MR) is 96.4 cm³/mol. The highest BCUT2D eigenvalue weighted by atomic mass is 16.6. The first-order valence-corrected chi connectivity index (χ1v) is 7.96. The molecule has 2 aromatic rings. The number of carbonyl (C=O) groups excluding carboxylic acids is 3. The third kappa shape index (κ3) is 3.45. The molecule has 0 radical (unpaired) electrons. The van der Waals surface area contributed by atoms with Gasteiger partial charge in [-0.15, -0.1) is 0 Å². The topological polar surface area (TPSA) is 157 Å². The summed E-state index contributed by atoms with van der Waals surface area (Å²) in [4.78, 5) is 58.2. The molecule has 1 fully saturated rings. The minimum atomic E-state index is -0.818. The second-order valence-corrected chi connectivity index (χ2v) is 6.02. The summed E-state index contributed by atoms with van der Waals surface area (Å²) in [6, 6.07) is 4.99. The fourth-order valence-corrected chi connectivity index (χ4v) is 2.65. The molecule has 0 atom stereocenters. The maximum Gasteiger partial charge on any atom is 0.333 e. The van der Waals surface area contributed by atoms with Crippen LogP contribution in [-0.4, -0.2) is 51.6 Å². The zero-order chi connectivity index (χ0) is 21.5. The Morgan fingerprint density at radius 1 is 0.897 bits per heavy atom. The van der Waals surface area contributed by atoms with E-state index in [0.29, 0.717) is 0 Å². The number of likely N-dealkylation sites (N-methyl/N-ethyl adjacent to an activating group) is 2. The highest BCUT2D eigenvalue weighted by Crippen LogP contribution is 2.31. The van der Waals surface area contributed by atoms with E-state index >= 15 is 0 Å². The normalized spacial score (nSPS) is 14.4. The third-order valence-electron chi connectivity index (χ3n) is 4.17. The molecule has 1 aromatic heterocycles. The van der Waals surface area contributed by atoms with Crippen molar-refractivity contribution in [3.05, 3.63) is 61.9 Å². The fraction of sp³-hybridized carbons (Fsp3) is 0.118. The van der Waals surface area contributed by atoms with Crippen molar-refractivity contribution in [3.63, 3.8) is 0 Å². The number of hydrogen-bond donors (Lipinski definition) is 0. The zero-order valence-electron chi connectivity index (χ0n) is 15.0. The van der Waals surface area contributed by atoms with E-state index in [4.69, 9.17) is 4.42 Å². The monoisotopic (exact) mass is 400 g/mol. The molecule has 1 aromatic carbocycles. The number of furan rings is 1. The molecule has 1 saturated heterocycles. The van der Waals surface area contributed by atoms with Crippen molar-refractivity contribution in [1.82, 2.24) is 9.80 Å². The summed E-state index contributed by atoms with van der Waals surface area (Å²) in [5.74, 6) is -1.54. The maximum absolute atomic E-state index is 12.2. The van der Waals surface area contributed by atoms with Gasteiger partial charge in [-0.3, -0.25) is 39.6 Å². The lowest BCUT2D eigenvalue weighted by atomic mass is 10.1. The minimum Gasteiger partial charge on any atom is -0.457 e. The van der Waals surface area contributed by atoms with E-state index in [1.54, 1.807) is 0 Å². The van der Waals surface area contributed by atoms with E-state index in [9.17, 15) is 34.6 Å². The third-order valence-corrected chi connectivity index (χ3v) is 4.17. The Hall–Kier alpha value is -4.35. The van der Waals surface area contributed by atoms with Gasteiger partial charge in [0, 0.05) is 31.8 Å². The van der Waals surface area contributed by atoms with Gasteiger partial charge in [0.05, 0.1) is 15.9 Å². The summed E-state index contributed by atoms with van der Waals surface area (Å²) < 4.78 is 5.49. The van der Waals surface area contributed by atoms with Gasteiger partial charge in [0.15, 0.2) is 0 Å². The summed E-state index contributed by atoms with van der Waals surface area (Å²) >= 11 is 0. The lowest BCUT2D eigenvalue weighted by Crippen LogP contribution is -2.52. The first kappa shape index (κ1) is 19.4. The van der Waals surface area contributed by atoms with Crippen molar-refractivity contribution >= 4 is 35.3 Å². The summed E-state index contributed by atoms with van der Waals surface area (Å²) in [6.45, 7) is 0. The highest BCUT2D eigenvalue weighted by Gasteiger charge is 2.38. The number of nitrogens with zero attached hydrogens (tertiary/aromatic N) is 4. The van der Waals surface area contributed by atoms with Crippen LogP contribution >= 0.6 is 0 Å². The molecule has 0 spiro atoms. The number of carbonyl (C=O) groups is 3. The number of nitro benzene ring substituents is 2. The Kier molecular flexibility index (Phi) is 4.68. The van der Waals surface area contributed by atoms with Gasteiger partial charge in [-0.2, -0.15) is 0 Å². The second kappa shape index (κ2) is 6.99. The van der Waals surface area contributed by atoms with Crippen LogP contribution in [0.15, 0.2) is 40.3 Å². The molecular weight excluding hydrogens is 388 g/mol. The molecule has 1 aliphatic heterocycles. The fourth-order valence-electron chi connectivity index (χ4n) is 2.65. The SMILES string of the molecule is CN1C(=O)C(=Cc2ccc(-c3cc([N+](=O)[O-])cc([N+](=O)[O-])c3)o2)C(=O)N(C)C1=O. The summed E-state index contributed by atoms with van der Waals surface area (Å²) in [6.07, 6.45) is 1.12. The number of imide groups is 2. The highest BCUT2D eigenvalue weighted by molar-refractivity contribution is 6.30. The molecule has 3 rings (SSSR count). The van der Waals surface area contributed by atoms with Gasteiger partial charge >= 0.3 is 6.03 Å². The largest absolute Gasteiger partial charge is 0.457 e. The van der Waals surface area contributed by atoms with Crippen LogP contribution in [0.4, 0.5) is 16.2 Å². The van der Waals surface area contributed by atoms with Crippen LogP contribution in [0.5, 0.6) is 0 Å². The van der Waals surface area contributed by atoms with Crippen molar-refractivity contribution in [3.8, 4) is 11.3 Å². The Morgan fingerprint density at radius 2 is 1.41 bits per heavy atom. The van der Waals surface area contributed by atoms with E-state index in [2.05, 4.69) is 0 Å². The Balaban J connectivity index is 2.02. The first-order valence-electron chi connectivity index (χ1n) is 7.96. The van der Waals surface area contributed by atoms with Gasteiger partial charge in [-0.1, -0.05) is 0 Å². The number of barbiturate groups is 1. The van der Waals surface area contributed by atoms with Crippen molar-refractivity contribution < 1.29 is 28.6 Å². The van der Waals surface area contributed by atoms with E-state index in [1.165, 1.54) is 26.2 Å². The number of urea groups is 1. The molecule has 29 heavy (non-hydrogen) atoms. The molecule has 0 saturated carbocycles. The van der Waals surface area contributed by atoms with Gasteiger partial charge < -0.3 is 4.42 Å². The molecule has 2 heterocycles. The van der Waals surface area contributed by atoms with E-state index in [1.807, 2.05) is 0 Å². The van der Waals surface area contributed by atoms with Gasteiger partial charge in [0.25, 0.3) is 23.2 Å². The van der Waals surface area contributed by atoms with Crippen molar-refractivity contribution in [2.24, 2.45) is 0 Å². The number of hydrogen-bond acceptors (Lipinski definition) is 8. The standard InChI is InChI=1S/C17H12N4O8/c1-18-15(22)13(16(23)19(2)17(18)24)8-12-3-4-14(29-12)9-5-10(20(25)26)7-11(6-9)21(27)28/h3-8H,1-2H3. The number of non-ortho nitro benzene ring substituents is 2. The van der Waals surface area contributed by atoms with Gasteiger partial charge in [-0.25, -0.2) is 4.79 Å². The molecule has 0 unspecified atom stereocenters. The number of nitro groups is 2. The van der Waals surface area contributed by atoms with E-state index in [0.717, 1.165) is 34.1 Å². The Labute approximate surface area is 161 Å². The van der Waals surface area contributed by atoms with Crippen LogP contribution in [0.1, 0.15) is 5.76 Å². The van der Waals surface area contributed by atoms with Crippen LogP contribution in [0, 0.1) is 20.2 Å². The lowest BCUT2D eigenvalue weighted by Gasteiger charge is -2.28. The Bertz CT molecular complexity index is 1060. The van der Waals surface area contributed by atoms with E-state index in [-0.39, 0.29) is 22.7 Å². The molecule has 0 bridgehead atoms. The summed E-state index contributed by atoms with van der Waals surface area (Å²) in [5, 5.41) is 22.0. The van der Waals surface area contributed by atoms with Crippen molar-refractivity contribution in [2.45, 2.75) is 0 Å². The molecule has 0 N–H and O–H groups in total. The number of amides is 4. The molecule has 4 amide bonds. The lowest BCUT2D eigenvalue weighted by molar-refractivity contribution is -0.394. The number of rotatable bonds is 4. The van der Waals surface area contributed by atoms with Crippen LogP contribution in [-0.2, 0) is 9.59 Å². The molecule has 148 valence electrons. The second-order valence-electron chi connectivity index (χ2n) is 6.02. The van der Waals surface area contributed by atoms with Crippen LogP contribution < -0.4 is 0 Å². The quantitative estimate of drug-likeness (QED) is 0.327.